The molecule has 0 unspecified atom stereocenters. The Morgan fingerprint density at radius 1 is 1.10 bits per heavy atom. The van der Waals surface area contributed by atoms with Crippen molar-refractivity contribution in [3.63, 3.8) is 0 Å². The average Bonchev–Trinajstić information content (AvgIpc) is 3.40. The van der Waals surface area contributed by atoms with Crippen LogP contribution in [0.5, 0.6) is 0 Å². The first kappa shape index (κ1) is 19.7. The van der Waals surface area contributed by atoms with Gasteiger partial charge in [0, 0.05) is 44.4 Å². The number of aryl methyl sites for hydroxylation is 2. The van der Waals surface area contributed by atoms with Crippen molar-refractivity contribution in [1.82, 2.24) is 14.5 Å². The van der Waals surface area contributed by atoms with E-state index in [-0.39, 0.29) is 11.0 Å². The quantitative estimate of drug-likeness (QED) is 0.631. The molecular formula is C20H24N4O4S. The van der Waals surface area contributed by atoms with Crippen molar-refractivity contribution in [3.8, 4) is 11.5 Å². The van der Waals surface area contributed by atoms with Gasteiger partial charge in [-0.25, -0.2) is 8.42 Å². The Bertz CT molecular complexity index is 1110. The van der Waals surface area contributed by atoms with Gasteiger partial charge in [0.2, 0.25) is 11.0 Å². The molecule has 0 radical (unpaired) electrons. The minimum absolute atomic E-state index is 0.107. The van der Waals surface area contributed by atoms with E-state index in [0.717, 1.165) is 5.69 Å². The summed E-state index contributed by atoms with van der Waals surface area (Å²) in [5.74, 6) is 0.750. The number of anilines is 1. The van der Waals surface area contributed by atoms with Gasteiger partial charge in [-0.05, 0) is 31.0 Å². The number of hydrogen-bond donors (Lipinski definition) is 0. The summed E-state index contributed by atoms with van der Waals surface area (Å²) in [5, 5.41) is 7.72. The molecular weight excluding hydrogens is 392 g/mol. The monoisotopic (exact) mass is 416 g/mol. The van der Waals surface area contributed by atoms with Crippen molar-refractivity contribution in [1.29, 1.82) is 0 Å². The minimum Gasteiger partial charge on any atom is -0.451 e. The summed E-state index contributed by atoms with van der Waals surface area (Å²) in [6, 6.07) is 7.65. The third-order valence-corrected chi connectivity index (χ3v) is 7.11. The van der Waals surface area contributed by atoms with Crippen LogP contribution in [-0.2, 0) is 16.4 Å². The number of aromatic nitrogens is 2. The van der Waals surface area contributed by atoms with E-state index in [0.29, 0.717) is 44.1 Å². The van der Waals surface area contributed by atoms with E-state index in [4.69, 9.17) is 8.83 Å². The summed E-state index contributed by atoms with van der Waals surface area (Å²) in [4.78, 5) is 2.23. The number of hydrogen-bond acceptors (Lipinski definition) is 7. The lowest BCUT2D eigenvalue weighted by molar-refractivity contribution is 0.361. The van der Waals surface area contributed by atoms with E-state index in [1.54, 1.807) is 0 Å². The summed E-state index contributed by atoms with van der Waals surface area (Å²) in [7, 11) is -3.72. The second kappa shape index (κ2) is 7.64. The molecule has 1 aliphatic heterocycles. The Morgan fingerprint density at radius 2 is 1.86 bits per heavy atom. The number of piperazine rings is 1. The lowest BCUT2D eigenvalue weighted by Crippen LogP contribution is -2.48. The van der Waals surface area contributed by atoms with Crippen molar-refractivity contribution in [3.05, 3.63) is 47.5 Å². The molecule has 0 spiro atoms. The molecule has 4 rings (SSSR count). The fourth-order valence-corrected chi connectivity index (χ4v) is 4.80. The highest BCUT2D eigenvalue weighted by molar-refractivity contribution is 7.89. The molecule has 2 aromatic heterocycles. The lowest BCUT2D eigenvalue weighted by atomic mass is 10.1. The highest BCUT2D eigenvalue weighted by Crippen LogP contribution is 2.28. The number of sulfonamides is 1. The van der Waals surface area contributed by atoms with Gasteiger partial charge in [0.15, 0.2) is 0 Å². The first-order valence-corrected chi connectivity index (χ1v) is 11.1. The number of furan rings is 1. The van der Waals surface area contributed by atoms with Gasteiger partial charge in [-0.1, -0.05) is 19.1 Å². The molecule has 0 atom stereocenters. The van der Waals surface area contributed by atoms with E-state index in [2.05, 4.69) is 41.1 Å². The zero-order chi connectivity index (χ0) is 20.6. The maximum absolute atomic E-state index is 13.0. The van der Waals surface area contributed by atoms with E-state index in [9.17, 15) is 8.42 Å². The molecule has 1 fully saturated rings. The summed E-state index contributed by atoms with van der Waals surface area (Å²) >= 11 is 0. The van der Waals surface area contributed by atoms with Gasteiger partial charge in [0.1, 0.15) is 6.26 Å². The van der Waals surface area contributed by atoms with Crippen LogP contribution >= 0.6 is 0 Å². The summed E-state index contributed by atoms with van der Waals surface area (Å²) < 4.78 is 38.3. The van der Waals surface area contributed by atoms with Gasteiger partial charge in [-0.2, -0.15) is 4.31 Å². The summed E-state index contributed by atoms with van der Waals surface area (Å²) in [5.41, 5.74) is 4.08. The first-order valence-electron chi connectivity index (χ1n) is 9.62. The second-order valence-electron chi connectivity index (χ2n) is 7.12. The zero-order valence-electron chi connectivity index (χ0n) is 16.8. The van der Waals surface area contributed by atoms with Gasteiger partial charge >= 0.3 is 0 Å². The van der Waals surface area contributed by atoms with Gasteiger partial charge < -0.3 is 13.7 Å². The highest BCUT2D eigenvalue weighted by atomic mass is 32.2. The normalized spacial score (nSPS) is 15.8. The van der Waals surface area contributed by atoms with Crippen LogP contribution in [0.15, 0.2) is 44.5 Å². The van der Waals surface area contributed by atoms with Crippen molar-refractivity contribution < 1.29 is 17.3 Å². The first-order chi connectivity index (χ1) is 13.9. The average molecular weight is 417 g/mol. The maximum Gasteiger partial charge on any atom is 0.276 e. The predicted molar refractivity (Wildman–Crippen MR) is 108 cm³/mol. The molecule has 0 saturated carbocycles. The molecule has 9 heteroatoms. The Hall–Kier alpha value is -2.65. The number of nitrogens with zero attached hydrogens (tertiary/aromatic N) is 4. The predicted octanol–water partition coefficient (Wildman–Crippen LogP) is 3.02. The van der Waals surface area contributed by atoms with Gasteiger partial charge in [0.25, 0.3) is 15.9 Å². The van der Waals surface area contributed by atoms with Crippen LogP contribution in [0.1, 0.15) is 23.9 Å². The smallest absolute Gasteiger partial charge is 0.276 e. The molecule has 3 aromatic rings. The maximum atomic E-state index is 13.0. The summed E-state index contributed by atoms with van der Waals surface area (Å²) in [6.07, 6.45) is 1.95. The van der Waals surface area contributed by atoms with Crippen LogP contribution in [0.25, 0.3) is 11.5 Å². The molecule has 0 amide bonds. The second-order valence-corrected chi connectivity index (χ2v) is 8.99. The molecule has 1 aliphatic rings. The third kappa shape index (κ3) is 3.67. The SMILES string of the molecule is CCc1nnc(-c2coc(S(=O)(=O)N3CCN(c4cccc(C)c4C)CC3)c2)o1. The van der Waals surface area contributed by atoms with Crippen LogP contribution in [0.2, 0.25) is 0 Å². The fourth-order valence-electron chi connectivity index (χ4n) is 3.45. The molecule has 8 nitrogen and oxygen atoms in total. The molecule has 1 aromatic carbocycles. The molecule has 154 valence electrons. The van der Waals surface area contributed by atoms with Crippen LogP contribution in [0.4, 0.5) is 5.69 Å². The Kier molecular flexibility index (Phi) is 5.18. The van der Waals surface area contributed by atoms with Crippen LogP contribution in [-0.4, -0.2) is 49.1 Å². The van der Waals surface area contributed by atoms with Crippen molar-refractivity contribution in [2.45, 2.75) is 32.3 Å². The molecule has 0 bridgehead atoms. The summed E-state index contributed by atoms with van der Waals surface area (Å²) in [6.45, 7) is 8.13. The van der Waals surface area contributed by atoms with Crippen LogP contribution in [0.3, 0.4) is 0 Å². The van der Waals surface area contributed by atoms with Crippen molar-refractivity contribution >= 4 is 15.7 Å². The molecule has 0 N–H and O–H groups in total. The molecule has 29 heavy (non-hydrogen) atoms. The minimum atomic E-state index is -3.72. The number of rotatable bonds is 5. The highest BCUT2D eigenvalue weighted by Gasteiger charge is 2.32. The van der Waals surface area contributed by atoms with Crippen molar-refractivity contribution in [2.75, 3.05) is 31.1 Å². The fraction of sp³-hybridized carbons (Fsp3) is 0.400. The standard InChI is InChI=1S/C20H24N4O4S/c1-4-18-21-22-20(28-18)16-12-19(27-13-16)29(25,26)24-10-8-23(9-11-24)17-7-5-6-14(2)15(17)3/h5-7,12-13H,4,8-11H2,1-3H3. The topological polar surface area (TPSA) is 92.7 Å². The largest absolute Gasteiger partial charge is 0.451 e. The Labute approximate surface area is 170 Å². The van der Waals surface area contributed by atoms with E-state index in [1.807, 2.05) is 13.0 Å². The molecule has 0 aliphatic carbocycles. The number of benzene rings is 1. The van der Waals surface area contributed by atoms with Crippen molar-refractivity contribution in [2.24, 2.45) is 0 Å². The van der Waals surface area contributed by atoms with Crippen LogP contribution in [0, 0.1) is 13.8 Å². The Balaban J connectivity index is 1.49. The van der Waals surface area contributed by atoms with Crippen LogP contribution < -0.4 is 4.90 Å². The van der Waals surface area contributed by atoms with Gasteiger partial charge in [-0.15, -0.1) is 10.2 Å². The van der Waals surface area contributed by atoms with E-state index < -0.39 is 10.0 Å². The third-order valence-electron chi connectivity index (χ3n) is 5.34. The molecule has 3 heterocycles. The van der Waals surface area contributed by atoms with E-state index >= 15 is 0 Å². The van der Waals surface area contributed by atoms with E-state index in [1.165, 1.54) is 27.8 Å². The lowest BCUT2D eigenvalue weighted by Gasteiger charge is -2.35. The van der Waals surface area contributed by atoms with Gasteiger partial charge in [-0.3, -0.25) is 0 Å². The Morgan fingerprint density at radius 3 is 2.55 bits per heavy atom. The molecule has 1 saturated heterocycles. The van der Waals surface area contributed by atoms with Gasteiger partial charge in [0.05, 0.1) is 5.56 Å². The zero-order valence-corrected chi connectivity index (χ0v) is 17.6.